The number of benzene rings is 2. The number of methoxy groups -OCH3 is 1. The molecule has 23 heavy (non-hydrogen) atoms. The molecule has 0 aliphatic rings. The number of nitrogens with two attached hydrogens (primary N) is 1. The first-order valence-corrected chi connectivity index (χ1v) is 7.77. The smallest absolute Gasteiger partial charge is 0.251 e. The maximum atomic E-state index is 12.3. The van der Waals surface area contributed by atoms with E-state index >= 15 is 0 Å². The van der Waals surface area contributed by atoms with Gasteiger partial charge in [0.2, 0.25) is 5.91 Å². The van der Waals surface area contributed by atoms with E-state index in [4.69, 9.17) is 10.5 Å². The Bertz CT molecular complexity index is 718. The Hall–Kier alpha value is -2.34. The van der Waals surface area contributed by atoms with E-state index in [0.717, 1.165) is 10.0 Å². The standard InChI is InChI=1S/C17H17BrN2O3/c1-23-14-7-2-4-11(8-14)9-15(16(19)21)20-17(22)12-5-3-6-13(18)10-12/h2-8,10,15H,9H2,1H3,(H2,19,21)(H,20,22)/t15-/m1/s1. The Morgan fingerprint density at radius 2 is 1.96 bits per heavy atom. The van der Waals surface area contributed by atoms with E-state index in [9.17, 15) is 9.59 Å². The minimum Gasteiger partial charge on any atom is -0.497 e. The van der Waals surface area contributed by atoms with Gasteiger partial charge in [-0.3, -0.25) is 9.59 Å². The van der Waals surface area contributed by atoms with Crippen LogP contribution in [0.1, 0.15) is 15.9 Å². The lowest BCUT2D eigenvalue weighted by Crippen LogP contribution is -2.45. The fourth-order valence-electron chi connectivity index (χ4n) is 2.13. The van der Waals surface area contributed by atoms with Crippen molar-refractivity contribution in [3.8, 4) is 5.75 Å². The van der Waals surface area contributed by atoms with Crippen molar-refractivity contribution in [2.24, 2.45) is 5.73 Å². The van der Waals surface area contributed by atoms with Gasteiger partial charge in [-0.1, -0.05) is 34.1 Å². The zero-order valence-corrected chi connectivity index (χ0v) is 14.2. The van der Waals surface area contributed by atoms with Gasteiger partial charge in [0.05, 0.1) is 7.11 Å². The van der Waals surface area contributed by atoms with Crippen molar-refractivity contribution in [3.63, 3.8) is 0 Å². The van der Waals surface area contributed by atoms with E-state index in [1.54, 1.807) is 31.4 Å². The van der Waals surface area contributed by atoms with Gasteiger partial charge in [0, 0.05) is 16.5 Å². The molecule has 2 aromatic rings. The van der Waals surface area contributed by atoms with Crippen LogP contribution in [0.2, 0.25) is 0 Å². The molecule has 2 rings (SSSR count). The highest BCUT2D eigenvalue weighted by Crippen LogP contribution is 2.15. The van der Waals surface area contributed by atoms with Crippen LogP contribution in [0, 0.1) is 0 Å². The van der Waals surface area contributed by atoms with E-state index in [0.29, 0.717) is 17.7 Å². The number of primary amides is 1. The molecule has 0 heterocycles. The highest BCUT2D eigenvalue weighted by molar-refractivity contribution is 9.10. The summed E-state index contributed by atoms with van der Waals surface area (Å²) < 4.78 is 5.94. The molecule has 0 spiro atoms. The van der Waals surface area contributed by atoms with Crippen molar-refractivity contribution >= 4 is 27.7 Å². The largest absolute Gasteiger partial charge is 0.497 e. The Kier molecular flexibility index (Phi) is 5.76. The lowest BCUT2D eigenvalue weighted by molar-refractivity contribution is -0.119. The second kappa shape index (κ2) is 7.78. The summed E-state index contributed by atoms with van der Waals surface area (Å²) in [5, 5.41) is 2.67. The molecule has 2 amide bonds. The number of amides is 2. The molecular weight excluding hydrogens is 360 g/mol. The van der Waals surface area contributed by atoms with Crippen molar-refractivity contribution in [1.29, 1.82) is 0 Å². The molecule has 3 N–H and O–H groups in total. The average molecular weight is 377 g/mol. The van der Waals surface area contributed by atoms with E-state index in [-0.39, 0.29) is 5.91 Å². The Morgan fingerprint density at radius 1 is 1.22 bits per heavy atom. The molecule has 0 aliphatic heterocycles. The summed E-state index contributed by atoms with van der Waals surface area (Å²) in [4.78, 5) is 23.9. The number of nitrogens with one attached hydrogen (secondary N) is 1. The average Bonchev–Trinajstić information content (AvgIpc) is 2.54. The van der Waals surface area contributed by atoms with E-state index in [1.165, 1.54) is 0 Å². The van der Waals surface area contributed by atoms with Crippen LogP contribution in [0.3, 0.4) is 0 Å². The molecular formula is C17H17BrN2O3. The highest BCUT2D eigenvalue weighted by atomic mass is 79.9. The fraction of sp³-hybridized carbons (Fsp3) is 0.176. The first-order valence-electron chi connectivity index (χ1n) is 6.98. The molecule has 0 saturated carbocycles. The van der Waals surface area contributed by atoms with Gasteiger partial charge in [0.25, 0.3) is 5.91 Å². The second-order valence-corrected chi connectivity index (χ2v) is 5.91. The molecule has 0 radical (unpaired) electrons. The van der Waals surface area contributed by atoms with E-state index in [2.05, 4.69) is 21.2 Å². The van der Waals surface area contributed by atoms with Crippen LogP contribution in [-0.2, 0) is 11.2 Å². The van der Waals surface area contributed by atoms with Crippen molar-refractivity contribution in [1.82, 2.24) is 5.32 Å². The quantitative estimate of drug-likeness (QED) is 0.811. The number of carbonyl (C=O) groups is 2. The van der Waals surface area contributed by atoms with Crippen molar-refractivity contribution in [3.05, 3.63) is 64.1 Å². The van der Waals surface area contributed by atoms with Gasteiger partial charge in [0.1, 0.15) is 11.8 Å². The van der Waals surface area contributed by atoms with Crippen LogP contribution >= 0.6 is 15.9 Å². The second-order valence-electron chi connectivity index (χ2n) is 4.99. The molecule has 0 unspecified atom stereocenters. The Balaban J connectivity index is 2.12. The van der Waals surface area contributed by atoms with Gasteiger partial charge in [-0.05, 0) is 35.9 Å². The first kappa shape index (κ1) is 17.0. The zero-order valence-electron chi connectivity index (χ0n) is 12.6. The number of rotatable bonds is 6. The van der Waals surface area contributed by atoms with Crippen LogP contribution in [0.5, 0.6) is 5.75 Å². The zero-order chi connectivity index (χ0) is 16.8. The van der Waals surface area contributed by atoms with Crippen LogP contribution < -0.4 is 15.8 Å². The SMILES string of the molecule is COc1cccc(C[C@@H](NC(=O)c2cccc(Br)c2)C(N)=O)c1. The van der Waals surface area contributed by atoms with Crippen molar-refractivity contribution < 1.29 is 14.3 Å². The highest BCUT2D eigenvalue weighted by Gasteiger charge is 2.19. The molecule has 0 saturated heterocycles. The Morgan fingerprint density at radius 3 is 2.61 bits per heavy atom. The van der Waals surface area contributed by atoms with Crippen LogP contribution in [0.15, 0.2) is 53.0 Å². The molecule has 120 valence electrons. The lowest BCUT2D eigenvalue weighted by Gasteiger charge is -2.16. The molecule has 1 atom stereocenters. The van der Waals surface area contributed by atoms with Gasteiger partial charge in [-0.15, -0.1) is 0 Å². The van der Waals surface area contributed by atoms with Crippen molar-refractivity contribution in [2.45, 2.75) is 12.5 Å². The van der Waals surface area contributed by atoms with Crippen molar-refractivity contribution in [2.75, 3.05) is 7.11 Å². The summed E-state index contributed by atoms with van der Waals surface area (Å²) in [5.74, 6) is -0.252. The van der Waals surface area contributed by atoms with E-state index in [1.807, 2.05) is 24.3 Å². The summed E-state index contributed by atoms with van der Waals surface area (Å²) in [5.41, 5.74) is 6.72. The van der Waals surface area contributed by atoms with Gasteiger partial charge < -0.3 is 15.8 Å². The van der Waals surface area contributed by atoms with Gasteiger partial charge >= 0.3 is 0 Å². The first-order chi connectivity index (χ1) is 11.0. The van der Waals surface area contributed by atoms with Gasteiger partial charge in [-0.25, -0.2) is 0 Å². The molecule has 0 fully saturated rings. The normalized spacial score (nSPS) is 11.6. The summed E-state index contributed by atoms with van der Waals surface area (Å²) in [6.45, 7) is 0. The number of ether oxygens (including phenoxy) is 1. The minimum absolute atomic E-state index is 0.298. The third-order valence-corrected chi connectivity index (χ3v) is 3.80. The third kappa shape index (κ3) is 4.82. The van der Waals surface area contributed by atoms with Gasteiger partial charge in [0.15, 0.2) is 0 Å². The minimum atomic E-state index is -0.798. The number of hydrogen-bond acceptors (Lipinski definition) is 3. The predicted molar refractivity (Wildman–Crippen MR) is 91.3 cm³/mol. The summed E-state index contributed by atoms with van der Waals surface area (Å²) >= 11 is 3.31. The van der Waals surface area contributed by atoms with Crippen LogP contribution in [0.4, 0.5) is 0 Å². The third-order valence-electron chi connectivity index (χ3n) is 3.31. The summed E-state index contributed by atoms with van der Waals surface area (Å²) in [7, 11) is 1.57. The fourth-order valence-corrected chi connectivity index (χ4v) is 2.53. The molecule has 0 aliphatic carbocycles. The number of carbonyl (C=O) groups excluding carboxylic acids is 2. The lowest BCUT2D eigenvalue weighted by atomic mass is 10.0. The molecule has 6 heteroatoms. The topological polar surface area (TPSA) is 81.4 Å². The maximum Gasteiger partial charge on any atom is 0.251 e. The predicted octanol–water partition coefficient (Wildman–Crippen LogP) is 2.28. The molecule has 0 aromatic heterocycles. The number of halogens is 1. The maximum absolute atomic E-state index is 12.3. The van der Waals surface area contributed by atoms with Crippen LogP contribution in [0.25, 0.3) is 0 Å². The summed E-state index contributed by atoms with van der Waals surface area (Å²) in [6.07, 6.45) is 0.298. The van der Waals surface area contributed by atoms with Gasteiger partial charge in [-0.2, -0.15) is 0 Å². The molecule has 0 bridgehead atoms. The summed E-state index contributed by atoms with van der Waals surface area (Å²) in [6, 6.07) is 13.4. The molecule has 5 nitrogen and oxygen atoms in total. The Labute approximate surface area is 143 Å². The number of hydrogen-bond donors (Lipinski definition) is 2. The van der Waals surface area contributed by atoms with E-state index < -0.39 is 11.9 Å². The molecule has 2 aromatic carbocycles. The van der Waals surface area contributed by atoms with Crippen LogP contribution in [-0.4, -0.2) is 25.0 Å². The monoisotopic (exact) mass is 376 g/mol.